The van der Waals surface area contributed by atoms with Gasteiger partial charge < -0.3 is 15.0 Å². The minimum absolute atomic E-state index is 0.168. The molecular weight excluding hydrogens is 353 g/mol. The molecule has 1 fully saturated rings. The molecule has 2 heterocycles. The maximum absolute atomic E-state index is 14.0. The van der Waals surface area contributed by atoms with Crippen LogP contribution >= 0.6 is 0 Å². The van der Waals surface area contributed by atoms with Gasteiger partial charge in [0.15, 0.2) is 0 Å². The number of rotatable bonds is 3. The topological polar surface area (TPSA) is 42.5 Å². The predicted octanol–water partition coefficient (Wildman–Crippen LogP) is 4.49. The largest absolute Gasteiger partial charge is 0.508 e. The molecule has 1 saturated heterocycles. The van der Waals surface area contributed by atoms with Crippen molar-refractivity contribution in [1.82, 2.24) is 9.88 Å². The molecule has 5 rings (SSSR count). The van der Waals surface area contributed by atoms with Gasteiger partial charge in [0.1, 0.15) is 11.6 Å². The fourth-order valence-electron chi connectivity index (χ4n) is 4.15. The monoisotopic (exact) mass is 375 g/mol. The van der Waals surface area contributed by atoms with Gasteiger partial charge in [-0.1, -0.05) is 30.3 Å². The molecule has 0 spiro atoms. The van der Waals surface area contributed by atoms with E-state index in [-0.39, 0.29) is 5.82 Å². The Balaban J connectivity index is 1.35. The molecule has 1 aromatic heterocycles. The van der Waals surface area contributed by atoms with Crippen LogP contribution in [0.15, 0.2) is 60.7 Å². The van der Waals surface area contributed by atoms with Crippen molar-refractivity contribution in [3.8, 4) is 5.75 Å². The average Bonchev–Trinajstić information content (AvgIpc) is 3.07. The Bertz CT molecular complexity index is 1150. The highest BCUT2D eigenvalue weighted by Crippen LogP contribution is 2.31. The van der Waals surface area contributed by atoms with Gasteiger partial charge in [-0.3, -0.25) is 4.90 Å². The van der Waals surface area contributed by atoms with Crippen LogP contribution in [0.5, 0.6) is 5.75 Å². The molecule has 28 heavy (non-hydrogen) atoms. The van der Waals surface area contributed by atoms with Gasteiger partial charge in [0, 0.05) is 60.6 Å². The van der Waals surface area contributed by atoms with Crippen molar-refractivity contribution in [2.75, 3.05) is 31.1 Å². The van der Waals surface area contributed by atoms with Crippen molar-refractivity contribution in [3.05, 3.63) is 72.0 Å². The number of piperazine rings is 1. The molecule has 0 radical (unpaired) electrons. The second-order valence-electron chi connectivity index (χ2n) is 7.41. The summed E-state index contributed by atoms with van der Waals surface area (Å²) in [5, 5.41) is 12.8. The second kappa shape index (κ2) is 6.84. The summed E-state index contributed by atoms with van der Waals surface area (Å²) in [7, 11) is 0. The molecule has 1 aliphatic heterocycles. The molecule has 3 aromatic carbocycles. The van der Waals surface area contributed by atoms with Crippen molar-refractivity contribution in [1.29, 1.82) is 0 Å². The van der Waals surface area contributed by atoms with Crippen LogP contribution in [-0.4, -0.2) is 41.2 Å². The van der Waals surface area contributed by atoms with E-state index in [0.717, 1.165) is 48.2 Å². The fraction of sp³-hybridized carbons (Fsp3) is 0.217. The Hall–Kier alpha value is -3.05. The first-order valence-corrected chi connectivity index (χ1v) is 9.63. The van der Waals surface area contributed by atoms with Crippen molar-refractivity contribution < 1.29 is 9.50 Å². The molecule has 1 aliphatic rings. The number of nitrogens with one attached hydrogen (secondary N) is 1. The van der Waals surface area contributed by atoms with Crippen LogP contribution in [0, 0.1) is 5.82 Å². The van der Waals surface area contributed by atoms with E-state index < -0.39 is 0 Å². The van der Waals surface area contributed by atoms with E-state index in [2.05, 4.69) is 26.9 Å². The number of H-pyrrole nitrogens is 1. The van der Waals surface area contributed by atoms with Crippen LogP contribution < -0.4 is 4.90 Å². The third-order valence-electron chi connectivity index (χ3n) is 5.66. The number of hydrogen-bond acceptors (Lipinski definition) is 3. The van der Waals surface area contributed by atoms with Gasteiger partial charge in [0.25, 0.3) is 0 Å². The van der Waals surface area contributed by atoms with E-state index in [1.54, 1.807) is 6.07 Å². The Morgan fingerprint density at radius 2 is 1.61 bits per heavy atom. The highest BCUT2D eigenvalue weighted by atomic mass is 19.1. The van der Waals surface area contributed by atoms with E-state index in [0.29, 0.717) is 18.0 Å². The van der Waals surface area contributed by atoms with Gasteiger partial charge >= 0.3 is 0 Å². The lowest BCUT2D eigenvalue weighted by Crippen LogP contribution is -2.46. The van der Waals surface area contributed by atoms with E-state index >= 15 is 0 Å². The predicted molar refractivity (Wildman–Crippen MR) is 111 cm³/mol. The number of para-hydroxylation sites is 2. The molecule has 5 heteroatoms. The van der Waals surface area contributed by atoms with Crippen LogP contribution in [0.25, 0.3) is 21.8 Å². The molecular formula is C23H22FN3O. The Labute approximate surface area is 162 Å². The summed E-state index contributed by atoms with van der Waals surface area (Å²) < 4.78 is 14.0. The third-order valence-corrected chi connectivity index (χ3v) is 5.66. The Morgan fingerprint density at radius 1 is 0.857 bits per heavy atom. The number of phenols is 1. The third kappa shape index (κ3) is 2.98. The number of phenolic OH excluding ortho intramolecular Hbond substituents is 1. The average molecular weight is 375 g/mol. The summed E-state index contributed by atoms with van der Waals surface area (Å²) in [5.74, 6) is 0.147. The fourth-order valence-corrected chi connectivity index (χ4v) is 4.15. The smallest absolute Gasteiger partial charge is 0.146 e. The quantitative estimate of drug-likeness (QED) is 0.555. The highest BCUT2D eigenvalue weighted by Gasteiger charge is 2.20. The van der Waals surface area contributed by atoms with Crippen molar-refractivity contribution in [3.63, 3.8) is 0 Å². The van der Waals surface area contributed by atoms with Gasteiger partial charge in [0.05, 0.1) is 11.2 Å². The van der Waals surface area contributed by atoms with Gasteiger partial charge in [-0.15, -0.1) is 0 Å². The van der Waals surface area contributed by atoms with Crippen LogP contribution in [0.3, 0.4) is 0 Å². The summed E-state index contributed by atoms with van der Waals surface area (Å²) in [5.41, 5.74) is 3.63. The number of aromatic amines is 1. The Kier molecular flexibility index (Phi) is 4.17. The van der Waals surface area contributed by atoms with Gasteiger partial charge in [-0.05, 0) is 24.3 Å². The van der Waals surface area contributed by atoms with Gasteiger partial charge in [-0.25, -0.2) is 4.39 Å². The standard InChI is InChI=1S/C23H22FN3O/c24-19-6-2-4-8-22(19)27-11-9-26(10-12-27)15-16-13-18-17-5-1-3-7-20(17)25-21(18)14-23(16)28/h1-8,13-14,25,28H,9-12,15H2. The van der Waals surface area contributed by atoms with Crippen molar-refractivity contribution >= 4 is 27.5 Å². The van der Waals surface area contributed by atoms with Crippen LogP contribution in [0.2, 0.25) is 0 Å². The zero-order chi connectivity index (χ0) is 19.1. The van der Waals surface area contributed by atoms with E-state index in [1.165, 1.54) is 11.5 Å². The number of benzene rings is 3. The zero-order valence-electron chi connectivity index (χ0n) is 15.5. The van der Waals surface area contributed by atoms with E-state index in [4.69, 9.17) is 0 Å². The van der Waals surface area contributed by atoms with Crippen LogP contribution in [0.4, 0.5) is 10.1 Å². The lowest BCUT2D eigenvalue weighted by molar-refractivity contribution is 0.246. The molecule has 142 valence electrons. The number of nitrogens with zero attached hydrogens (tertiary/aromatic N) is 2. The first-order valence-electron chi connectivity index (χ1n) is 9.63. The maximum Gasteiger partial charge on any atom is 0.146 e. The molecule has 0 aliphatic carbocycles. The first-order chi connectivity index (χ1) is 13.7. The molecule has 0 bridgehead atoms. The van der Waals surface area contributed by atoms with Gasteiger partial charge in [0.2, 0.25) is 0 Å². The number of fused-ring (bicyclic) bond motifs is 3. The normalized spacial score (nSPS) is 15.5. The number of aromatic hydroxyl groups is 1. The van der Waals surface area contributed by atoms with Gasteiger partial charge in [-0.2, -0.15) is 0 Å². The van der Waals surface area contributed by atoms with Crippen molar-refractivity contribution in [2.45, 2.75) is 6.54 Å². The van der Waals surface area contributed by atoms with E-state index in [1.807, 2.05) is 36.4 Å². The summed E-state index contributed by atoms with van der Waals surface area (Å²) >= 11 is 0. The molecule has 4 nitrogen and oxygen atoms in total. The number of hydrogen-bond donors (Lipinski definition) is 2. The molecule has 2 N–H and O–H groups in total. The summed E-state index contributed by atoms with van der Waals surface area (Å²) in [4.78, 5) is 7.77. The molecule has 0 unspecified atom stereocenters. The highest BCUT2D eigenvalue weighted by molar-refractivity contribution is 6.07. The minimum atomic E-state index is -0.168. The van der Waals surface area contributed by atoms with E-state index in [9.17, 15) is 9.50 Å². The summed E-state index contributed by atoms with van der Waals surface area (Å²) in [6, 6.07) is 19.0. The molecule has 0 saturated carbocycles. The summed E-state index contributed by atoms with van der Waals surface area (Å²) in [6.07, 6.45) is 0. The number of halogens is 1. The molecule has 4 aromatic rings. The zero-order valence-corrected chi connectivity index (χ0v) is 15.5. The van der Waals surface area contributed by atoms with Crippen LogP contribution in [-0.2, 0) is 6.54 Å². The maximum atomic E-state index is 14.0. The minimum Gasteiger partial charge on any atom is -0.508 e. The number of aromatic nitrogens is 1. The first kappa shape index (κ1) is 17.1. The van der Waals surface area contributed by atoms with Crippen molar-refractivity contribution in [2.24, 2.45) is 0 Å². The molecule has 0 amide bonds. The number of anilines is 1. The SMILES string of the molecule is Oc1cc2[nH]c3ccccc3c2cc1CN1CCN(c2ccccc2F)CC1. The van der Waals surface area contributed by atoms with Crippen LogP contribution in [0.1, 0.15) is 5.56 Å². The summed E-state index contributed by atoms with van der Waals surface area (Å²) in [6.45, 7) is 3.90. The molecule has 0 atom stereocenters. The second-order valence-corrected chi connectivity index (χ2v) is 7.41. The lowest BCUT2D eigenvalue weighted by atomic mass is 10.1. The lowest BCUT2D eigenvalue weighted by Gasteiger charge is -2.36. The Morgan fingerprint density at radius 3 is 2.43 bits per heavy atom.